The summed E-state index contributed by atoms with van der Waals surface area (Å²) in [5.74, 6) is 1.87. The normalized spacial score (nSPS) is 18.4. The molecule has 0 radical (unpaired) electrons. The fourth-order valence-electron chi connectivity index (χ4n) is 2.91. The third kappa shape index (κ3) is 3.05. The summed E-state index contributed by atoms with van der Waals surface area (Å²) in [7, 11) is 0. The molecule has 0 aliphatic carbocycles. The van der Waals surface area contributed by atoms with Gasteiger partial charge in [-0.3, -0.25) is 0 Å². The molecule has 2 aromatic rings. The number of aryl methyl sites for hydroxylation is 2. The molecule has 3 heterocycles. The molecule has 1 N–H and O–H groups in total. The van der Waals surface area contributed by atoms with Crippen LogP contribution in [0.4, 0.5) is 5.82 Å². The summed E-state index contributed by atoms with van der Waals surface area (Å²) in [5, 5.41) is 15.7. The van der Waals surface area contributed by atoms with Gasteiger partial charge in [0.1, 0.15) is 5.76 Å². The van der Waals surface area contributed by atoms with Crippen LogP contribution in [0.2, 0.25) is 0 Å². The van der Waals surface area contributed by atoms with Crippen molar-refractivity contribution in [3.63, 3.8) is 0 Å². The predicted molar refractivity (Wildman–Crippen MR) is 80.1 cm³/mol. The molecule has 0 unspecified atom stereocenters. The largest absolute Gasteiger partial charge is 0.361 e. The minimum atomic E-state index is 0.474. The van der Waals surface area contributed by atoms with E-state index < -0.39 is 0 Å². The monoisotopic (exact) mass is 287 g/mol. The van der Waals surface area contributed by atoms with Gasteiger partial charge in [-0.15, -0.1) is 5.10 Å². The Bertz CT molecular complexity index is 564. The highest BCUT2D eigenvalue weighted by atomic mass is 16.5. The number of nitrogens with one attached hydrogen (secondary N) is 1. The van der Waals surface area contributed by atoms with Crippen molar-refractivity contribution in [1.82, 2.24) is 20.7 Å². The van der Waals surface area contributed by atoms with Gasteiger partial charge in [0.15, 0.2) is 5.82 Å². The van der Waals surface area contributed by atoms with Gasteiger partial charge in [0, 0.05) is 37.4 Å². The highest BCUT2D eigenvalue weighted by molar-refractivity contribution is 5.39. The number of hydrogen-bond acceptors (Lipinski definition) is 6. The Hall–Kier alpha value is -1.95. The maximum atomic E-state index is 5.19. The van der Waals surface area contributed by atoms with Gasteiger partial charge in [-0.2, -0.15) is 5.10 Å². The van der Waals surface area contributed by atoms with Crippen molar-refractivity contribution in [2.75, 3.05) is 18.0 Å². The number of rotatable bonds is 5. The molecular weight excluding hydrogens is 266 g/mol. The Morgan fingerprint density at radius 1 is 1.43 bits per heavy atom. The van der Waals surface area contributed by atoms with E-state index in [2.05, 4.69) is 25.6 Å². The molecule has 112 valence electrons. The quantitative estimate of drug-likeness (QED) is 0.905. The first-order valence-corrected chi connectivity index (χ1v) is 7.42. The van der Waals surface area contributed by atoms with Crippen molar-refractivity contribution in [3.05, 3.63) is 35.3 Å². The van der Waals surface area contributed by atoms with E-state index >= 15 is 0 Å². The summed E-state index contributed by atoms with van der Waals surface area (Å²) in [6, 6.07) is 4.44. The van der Waals surface area contributed by atoms with Gasteiger partial charge in [-0.25, -0.2) is 0 Å². The molecule has 0 bridgehead atoms. The SMILES string of the molecule is Cc1noc(C)c1CNC[C@@H]1CCCN1c1cccnn1. The second-order valence-corrected chi connectivity index (χ2v) is 5.50. The molecule has 2 aromatic heterocycles. The maximum Gasteiger partial charge on any atom is 0.151 e. The number of aromatic nitrogens is 3. The van der Waals surface area contributed by atoms with E-state index in [-0.39, 0.29) is 0 Å². The lowest BCUT2D eigenvalue weighted by Gasteiger charge is -2.25. The van der Waals surface area contributed by atoms with E-state index in [0.29, 0.717) is 6.04 Å². The zero-order valence-electron chi connectivity index (χ0n) is 12.5. The van der Waals surface area contributed by atoms with Crippen molar-refractivity contribution >= 4 is 5.82 Å². The zero-order valence-corrected chi connectivity index (χ0v) is 12.5. The first-order chi connectivity index (χ1) is 10.3. The van der Waals surface area contributed by atoms with Crippen LogP contribution < -0.4 is 10.2 Å². The van der Waals surface area contributed by atoms with Gasteiger partial charge in [0.2, 0.25) is 0 Å². The van der Waals surface area contributed by atoms with E-state index in [1.807, 2.05) is 26.0 Å². The fourth-order valence-corrected chi connectivity index (χ4v) is 2.91. The number of hydrogen-bond donors (Lipinski definition) is 1. The van der Waals surface area contributed by atoms with Crippen LogP contribution in [0, 0.1) is 13.8 Å². The second-order valence-electron chi connectivity index (χ2n) is 5.50. The Morgan fingerprint density at radius 2 is 2.33 bits per heavy atom. The van der Waals surface area contributed by atoms with E-state index in [0.717, 1.165) is 36.9 Å². The molecule has 0 saturated carbocycles. The molecular formula is C15H21N5O. The zero-order chi connectivity index (χ0) is 14.7. The molecule has 1 aliphatic heterocycles. The third-order valence-electron chi connectivity index (χ3n) is 4.09. The standard InChI is InChI=1S/C15H21N5O/c1-11-14(12(2)21-19-11)10-16-9-13-5-4-8-20(13)15-6-3-7-17-18-15/h3,6-7,13,16H,4-5,8-10H2,1-2H3/t13-/m0/s1. The van der Waals surface area contributed by atoms with Crippen LogP contribution in [0.1, 0.15) is 29.9 Å². The van der Waals surface area contributed by atoms with Crippen molar-refractivity contribution in [1.29, 1.82) is 0 Å². The summed E-state index contributed by atoms with van der Waals surface area (Å²) in [6.45, 7) is 6.72. The Morgan fingerprint density at radius 3 is 3.05 bits per heavy atom. The predicted octanol–water partition coefficient (Wildman–Crippen LogP) is 1.84. The first-order valence-electron chi connectivity index (χ1n) is 7.42. The molecule has 6 nitrogen and oxygen atoms in total. The average Bonchev–Trinajstić information content (AvgIpc) is 3.09. The van der Waals surface area contributed by atoms with Gasteiger partial charge in [0.05, 0.1) is 5.69 Å². The lowest BCUT2D eigenvalue weighted by Crippen LogP contribution is -2.38. The van der Waals surface area contributed by atoms with Crippen molar-refractivity contribution in [2.45, 2.75) is 39.3 Å². The van der Waals surface area contributed by atoms with Crippen LogP contribution in [0.3, 0.4) is 0 Å². The van der Waals surface area contributed by atoms with Gasteiger partial charge in [-0.1, -0.05) is 5.16 Å². The van der Waals surface area contributed by atoms with E-state index in [4.69, 9.17) is 4.52 Å². The van der Waals surface area contributed by atoms with Gasteiger partial charge >= 0.3 is 0 Å². The lowest BCUT2D eigenvalue weighted by atomic mass is 10.2. The van der Waals surface area contributed by atoms with Gasteiger partial charge < -0.3 is 14.7 Å². The van der Waals surface area contributed by atoms with Crippen molar-refractivity contribution in [3.8, 4) is 0 Å². The maximum absolute atomic E-state index is 5.19. The third-order valence-corrected chi connectivity index (χ3v) is 4.09. The number of anilines is 1. The molecule has 0 aromatic carbocycles. The van der Waals surface area contributed by atoms with Crippen LogP contribution in [-0.4, -0.2) is 34.5 Å². The van der Waals surface area contributed by atoms with Crippen molar-refractivity contribution in [2.24, 2.45) is 0 Å². The smallest absolute Gasteiger partial charge is 0.151 e. The molecule has 21 heavy (non-hydrogen) atoms. The minimum absolute atomic E-state index is 0.474. The topological polar surface area (TPSA) is 67.1 Å². The Labute approximate surface area is 124 Å². The first kappa shape index (κ1) is 14.0. The molecule has 1 aliphatic rings. The Kier molecular flexibility index (Phi) is 4.15. The highest BCUT2D eigenvalue weighted by Gasteiger charge is 2.25. The summed E-state index contributed by atoms with van der Waals surface area (Å²) >= 11 is 0. The second kappa shape index (κ2) is 6.22. The highest BCUT2D eigenvalue weighted by Crippen LogP contribution is 2.22. The van der Waals surface area contributed by atoms with Gasteiger partial charge in [0.25, 0.3) is 0 Å². The average molecular weight is 287 g/mol. The lowest BCUT2D eigenvalue weighted by molar-refractivity contribution is 0.391. The van der Waals surface area contributed by atoms with Crippen LogP contribution in [0.5, 0.6) is 0 Å². The summed E-state index contributed by atoms with van der Waals surface area (Å²) in [4.78, 5) is 2.34. The van der Waals surface area contributed by atoms with Crippen LogP contribution in [0.15, 0.2) is 22.9 Å². The van der Waals surface area contributed by atoms with E-state index in [1.54, 1.807) is 6.20 Å². The van der Waals surface area contributed by atoms with Crippen LogP contribution in [-0.2, 0) is 6.54 Å². The molecule has 3 rings (SSSR count). The summed E-state index contributed by atoms with van der Waals surface area (Å²) < 4.78 is 5.19. The molecule has 1 atom stereocenters. The number of nitrogens with zero attached hydrogens (tertiary/aromatic N) is 4. The molecule has 0 spiro atoms. The summed E-state index contributed by atoms with van der Waals surface area (Å²) in [6.07, 6.45) is 4.10. The molecule has 1 saturated heterocycles. The van der Waals surface area contributed by atoms with Crippen LogP contribution >= 0.6 is 0 Å². The van der Waals surface area contributed by atoms with Gasteiger partial charge in [-0.05, 0) is 38.8 Å². The molecule has 6 heteroatoms. The minimum Gasteiger partial charge on any atom is -0.361 e. The van der Waals surface area contributed by atoms with Crippen molar-refractivity contribution < 1.29 is 4.52 Å². The van der Waals surface area contributed by atoms with E-state index in [1.165, 1.54) is 18.4 Å². The molecule has 0 amide bonds. The fraction of sp³-hybridized carbons (Fsp3) is 0.533. The van der Waals surface area contributed by atoms with E-state index in [9.17, 15) is 0 Å². The van der Waals surface area contributed by atoms with Crippen LogP contribution in [0.25, 0.3) is 0 Å². The summed E-state index contributed by atoms with van der Waals surface area (Å²) in [5.41, 5.74) is 2.14. The Balaban J connectivity index is 1.57. The molecule has 1 fully saturated rings.